The lowest BCUT2D eigenvalue weighted by Crippen LogP contribution is -2.46. The molecule has 0 aliphatic heterocycles. The van der Waals surface area contributed by atoms with Crippen molar-refractivity contribution >= 4 is 37.2 Å². The molecule has 4 unspecified atom stereocenters. The Morgan fingerprint density at radius 1 is 1.33 bits per heavy atom. The zero-order chi connectivity index (χ0) is 16.6. The third-order valence-electron chi connectivity index (χ3n) is 3.27. The van der Waals surface area contributed by atoms with Gasteiger partial charge in [0.25, 0.3) is 0 Å². The van der Waals surface area contributed by atoms with Gasteiger partial charge in [-0.2, -0.15) is 25.3 Å². The Bertz CT molecular complexity index is 338. The van der Waals surface area contributed by atoms with Crippen molar-refractivity contribution in [2.75, 3.05) is 12.4 Å². The molecule has 0 aliphatic carbocycles. The lowest BCUT2D eigenvalue weighted by molar-refractivity contribution is -0.175. The Balaban J connectivity index is 5.44. The number of aliphatic hydroxyl groups excluding tert-OH is 2. The number of carboxylic acid groups (broad SMARTS) is 1. The molecule has 124 valence electrons. The van der Waals surface area contributed by atoms with Gasteiger partial charge in [-0.1, -0.05) is 6.92 Å². The fourth-order valence-electron chi connectivity index (χ4n) is 1.82. The summed E-state index contributed by atoms with van der Waals surface area (Å²) in [5, 5.41) is 27.6. The van der Waals surface area contributed by atoms with E-state index in [1.54, 1.807) is 13.8 Å². The minimum Gasteiger partial charge on any atom is -0.480 e. The van der Waals surface area contributed by atoms with Crippen LogP contribution in [0, 0.1) is 5.41 Å². The van der Waals surface area contributed by atoms with Gasteiger partial charge in [0.1, 0.15) is 0 Å². The molecule has 0 aromatic heterocycles. The summed E-state index contributed by atoms with van der Waals surface area (Å²) in [6.45, 7) is 2.83. The molecule has 21 heavy (non-hydrogen) atoms. The number of aliphatic hydroxyl groups is 2. The number of thiol groups is 2. The fourth-order valence-corrected chi connectivity index (χ4v) is 2.27. The van der Waals surface area contributed by atoms with Crippen LogP contribution in [0.2, 0.25) is 0 Å². The highest BCUT2D eigenvalue weighted by atomic mass is 32.1. The van der Waals surface area contributed by atoms with E-state index >= 15 is 0 Å². The highest BCUT2D eigenvalue weighted by Crippen LogP contribution is 2.34. The number of esters is 1. The van der Waals surface area contributed by atoms with E-state index in [9.17, 15) is 19.8 Å². The van der Waals surface area contributed by atoms with Gasteiger partial charge in [0.2, 0.25) is 0 Å². The average molecular weight is 340 g/mol. The van der Waals surface area contributed by atoms with Crippen LogP contribution < -0.4 is 0 Å². The third-order valence-corrected chi connectivity index (χ3v) is 4.37. The molecule has 0 radical (unpaired) electrons. The quantitative estimate of drug-likeness (QED) is 0.228. The van der Waals surface area contributed by atoms with Gasteiger partial charge < -0.3 is 20.1 Å². The number of hydrogen-bond acceptors (Lipinski definition) is 7. The molecule has 0 saturated heterocycles. The summed E-state index contributed by atoms with van der Waals surface area (Å²) >= 11 is 8.22. The van der Waals surface area contributed by atoms with E-state index in [0.29, 0.717) is 6.42 Å². The number of carboxylic acids is 1. The number of aliphatic carboxylic acids is 1. The van der Waals surface area contributed by atoms with Gasteiger partial charge in [0, 0.05) is 17.4 Å². The molecule has 4 atom stereocenters. The van der Waals surface area contributed by atoms with Crippen molar-refractivity contribution in [2.45, 2.75) is 50.6 Å². The van der Waals surface area contributed by atoms with E-state index in [2.05, 4.69) is 25.3 Å². The first kappa shape index (κ1) is 20.6. The summed E-state index contributed by atoms with van der Waals surface area (Å²) in [4.78, 5) is 24.0. The molecule has 0 heterocycles. The predicted molar refractivity (Wildman–Crippen MR) is 84.9 cm³/mol. The monoisotopic (exact) mass is 340 g/mol. The van der Waals surface area contributed by atoms with Crippen LogP contribution in [0.3, 0.4) is 0 Å². The second kappa shape index (κ2) is 9.55. The summed E-state index contributed by atoms with van der Waals surface area (Å²) < 4.78 is 5.15. The maximum Gasteiger partial charge on any atom is 0.323 e. The Morgan fingerprint density at radius 2 is 1.90 bits per heavy atom. The summed E-state index contributed by atoms with van der Waals surface area (Å²) in [6.07, 6.45) is -1.79. The molecule has 6 nitrogen and oxygen atoms in total. The molecular weight excluding hydrogens is 316 g/mol. The largest absolute Gasteiger partial charge is 0.480 e. The normalized spacial score (nSPS) is 18.4. The smallest absolute Gasteiger partial charge is 0.323 e. The zero-order valence-corrected chi connectivity index (χ0v) is 14.0. The highest BCUT2D eigenvalue weighted by molar-refractivity contribution is 7.84. The Morgan fingerprint density at radius 3 is 2.29 bits per heavy atom. The van der Waals surface area contributed by atoms with Gasteiger partial charge >= 0.3 is 11.9 Å². The minimum atomic E-state index is -1.94. The maximum absolute atomic E-state index is 12.3. The standard InChI is InChI=1S/C13H24O6S2/c1-3-8(2)19-12(18)13(11(16)17,4-9(15)6-14)5-10(21)7-20/h8-10,14-15,20-21H,3-7H2,1-2H3,(H,16,17). The fraction of sp³-hybridized carbons (Fsp3) is 0.846. The van der Waals surface area contributed by atoms with Crippen LogP contribution in [0.5, 0.6) is 0 Å². The Labute approximate surface area is 135 Å². The van der Waals surface area contributed by atoms with Crippen LogP contribution in [0.4, 0.5) is 0 Å². The molecule has 0 saturated carbocycles. The van der Waals surface area contributed by atoms with Crippen molar-refractivity contribution in [3.63, 3.8) is 0 Å². The summed E-state index contributed by atoms with van der Waals surface area (Å²) in [5.41, 5.74) is -1.94. The number of carbonyl (C=O) groups excluding carboxylic acids is 1. The molecule has 0 bridgehead atoms. The number of hydrogen-bond donors (Lipinski definition) is 5. The summed E-state index contributed by atoms with van der Waals surface area (Å²) in [5.74, 6) is -2.05. The molecule has 0 amide bonds. The first-order valence-electron chi connectivity index (χ1n) is 6.75. The third kappa shape index (κ3) is 6.06. The van der Waals surface area contributed by atoms with Crippen LogP contribution in [-0.2, 0) is 14.3 Å². The van der Waals surface area contributed by atoms with Crippen LogP contribution in [0.25, 0.3) is 0 Å². The van der Waals surface area contributed by atoms with Crippen molar-refractivity contribution < 1.29 is 29.6 Å². The zero-order valence-electron chi connectivity index (χ0n) is 12.2. The molecular formula is C13H24O6S2. The van der Waals surface area contributed by atoms with Crippen molar-refractivity contribution in [3.05, 3.63) is 0 Å². The van der Waals surface area contributed by atoms with Gasteiger partial charge in [-0.3, -0.25) is 9.59 Å². The lowest BCUT2D eigenvalue weighted by Gasteiger charge is -2.31. The van der Waals surface area contributed by atoms with Gasteiger partial charge in [-0.15, -0.1) is 0 Å². The van der Waals surface area contributed by atoms with E-state index in [1.807, 2.05) is 0 Å². The minimum absolute atomic E-state index is 0.138. The van der Waals surface area contributed by atoms with E-state index < -0.39 is 47.8 Å². The molecule has 0 spiro atoms. The van der Waals surface area contributed by atoms with E-state index in [4.69, 9.17) is 9.84 Å². The lowest BCUT2D eigenvalue weighted by atomic mass is 9.78. The molecule has 0 fully saturated rings. The van der Waals surface area contributed by atoms with Crippen LogP contribution in [0.15, 0.2) is 0 Å². The maximum atomic E-state index is 12.3. The molecule has 8 heteroatoms. The van der Waals surface area contributed by atoms with Crippen molar-refractivity contribution in [1.82, 2.24) is 0 Å². The summed E-state index contributed by atoms with van der Waals surface area (Å²) in [7, 11) is 0. The second-order valence-corrected chi connectivity index (χ2v) is 6.19. The molecule has 0 aliphatic rings. The number of carbonyl (C=O) groups is 2. The van der Waals surface area contributed by atoms with Crippen LogP contribution in [0.1, 0.15) is 33.1 Å². The van der Waals surface area contributed by atoms with Gasteiger partial charge in [-0.05, 0) is 19.8 Å². The second-order valence-electron chi connectivity index (χ2n) is 5.09. The van der Waals surface area contributed by atoms with Gasteiger partial charge in [0.15, 0.2) is 5.41 Å². The summed E-state index contributed by atoms with van der Waals surface area (Å²) in [6, 6.07) is 0. The van der Waals surface area contributed by atoms with Crippen molar-refractivity contribution in [2.24, 2.45) is 5.41 Å². The highest BCUT2D eigenvalue weighted by Gasteiger charge is 2.50. The van der Waals surface area contributed by atoms with E-state index in [1.165, 1.54) is 0 Å². The molecule has 0 aromatic rings. The number of rotatable bonds is 10. The Kier molecular flexibility index (Phi) is 9.35. The Hall–Kier alpha value is -0.440. The first-order chi connectivity index (χ1) is 9.73. The van der Waals surface area contributed by atoms with E-state index in [0.717, 1.165) is 0 Å². The van der Waals surface area contributed by atoms with Gasteiger partial charge in [-0.25, -0.2) is 0 Å². The van der Waals surface area contributed by atoms with Crippen molar-refractivity contribution in [1.29, 1.82) is 0 Å². The predicted octanol–water partition coefficient (Wildman–Crippen LogP) is 0.761. The van der Waals surface area contributed by atoms with Crippen LogP contribution >= 0.6 is 25.3 Å². The molecule has 0 rings (SSSR count). The van der Waals surface area contributed by atoms with Gasteiger partial charge in [0.05, 0.1) is 18.8 Å². The first-order valence-corrected chi connectivity index (χ1v) is 7.90. The van der Waals surface area contributed by atoms with Crippen molar-refractivity contribution in [3.8, 4) is 0 Å². The SMILES string of the molecule is CCC(C)OC(=O)C(CC(O)CO)(CC(S)CS)C(=O)O. The molecule has 3 N–H and O–H groups in total. The topological polar surface area (TPSA) is 104 Å². The number of ether oxygens (including phenoxy) is 1. The molecule has 0 aromatic carbocycles. The van der Waals surface area contributed by atoms with Crippen LogP contribution in [-0.4, -0.2) is 57.1 Å². The van der Waals surface area contributed by atoms with E-state index in [-0.39, 0.29) is 12.2 Å². The average Bonchev–Trinajstić information content (AvgIpc) is 2.45.